The highest BCUT2D eigenvalue weighted by molar-refractivity contribution is 8.34. The predicted octanol–water partition coefficient (Wildman–Crippen LogP) is 5.06. The summed E-state index contributed by atoms with van der Waals surface area (Å²) in [5.41, 5.74) is 0. The number of hydrogen-bond donors (Lipinski definition) is 2. The molecular formula is C20H16N2O2S8. The van der Waals surface area contributed by atoms with Crippen molar-refractivity contribution in [1.29, 1.82) is 0 Å². The van der Waals surface area contributed by atoms with Gasteiger partial charge < -0.3 is 0 Å². The molecule has 3 rings (SSSR count). The molecule has 0 saturated heterocycles. The molecule has 2 atom stereocenters. The molecule has 166 valence electrons. The number of benzene rings is 3. The lowest BCUT2D eigenvalue weighted by Gasteiger charge is -2.15. The molecule has 0 aromatic heterocycles. The van der Waals surface area contributed by atoms with Gasteiger partial charge in [0.2, 0.25) is 0 Å². The second-order valence-electron chi connectivity index (χ2n) is 6.09. The maximum atomic E-state index is 13.2. The minimum absolute atomic E-state index is 0.266. The molecule has 3 aromatic rings. The molecule has 0 radical (unpaired) electrons. The van der Waals surface area contributed by atoms with Crippen LogP contribution in [-0.2, 0) is 39.7 Å². The van der Waals surface area contributed by atoms with Crippen LogP contribution < -0.4 is 9.44 Å². The number of thiocarbonyl (C=S) groups is 2. The molecule has 3 aromatic carbocycles. The molecule has 2 unspecified atom stereocenters. The smallest absolute Gasteiger partial charge is 0.150 e. The highest BCUT2D eigenvalue weighted by Crippen LogP contribution is 2.23. The van der Waals surface area contributed by atoms with Gasteiger partial charge in [0.1, 0.15) is 17.4 Å². The van der Waals surface area contributed by atoms with Crippen LogP contribution in [0.25, 0.3) is 0 Å². The van der Waals surface area contributed by atoms with Gasteiger partial charge in [0.25, 0.3) is 0 Å². The third-order valence-electron chi connectivity index (χ3n) is 3.77. The molecule has 0 amide bonds. The van der Waals surface area contributed by atoms with Crippen molar-refractivity contribution in [2.45, 2.75) is 19.6 Å². The van der Waals surface area contributed by atoms with E-state index in [1.165, 1.54) is 29.6 Å². The van der Waals surface area contributed by atoms with Crippen molar-refractivity contribution < 1.29 is 8.42 Å². The summed E-state index contributed by atoms with van der Waals surface area (Å²) in [6.45, 7) is 0. The molecule has 2 N–H and O–H groups in total. The van der Waals surface area contributed by atoms with Gasteiger partial charge in [0.05, 0.1) is 9.79 Å². The molecule has 0 aliphatic carbocycles. The van der Waals surface area contributed by atoms with Crippen LogP contribution in [0.4, 0.5) is 0 Å². The highest BCUT2D eigenvalue weighted by Gasteiger charge is 2.18. The minimum Gasteiger partial charge on any atom is -0.285 e. The molecule has 0 fully saturated rings. The Kier molecular flexibility index (Phi) is 9.04. The lowest BCUT2D eigenvalue weighted by Crippen LogP contribution is -2.28. The van der Waals surface area contributed by atoms with Crippen LogP contribution >= 0.6 is 48.0 Å². The van der Waals surface area contributed by atoms with Gasteiger partial charge in [-0.2, -0.15) is 0 Å². The Labute approximate surface area is 217 Å². The second-order valence-corrected chi connectivity index (χ2v) is 15.8. The van der Waals surface area contributed by atoms with E-state index in [1.54, 1.807) is 18.2 Å². The van der Waals surface area contributed by atoms with Crippen molar-refractivity contribution in [2.24, 2.45) is 0 Å². The third-order valence-corrected chi connectivity index (χ3v) is 10.9. The van der Waals surface area contributed by atoms with Gasteiger partial charge in [-0.25, -0.2) is 8.42 Å². The van der Waals surface area contributed by atoms with Crippen molar-refractivity contribution >= 4 is 96.3 Å². The van der Waals surface area contributed by atoms with E-state index >= 15 is 0 Å². The first kappa shape index (κ1) is 25.5. The first-order valence-corrected chi connectivity index (χ1v) is 16.3. The maximum Gasteiger partial charge on any atom is 0.150 e. The van der Waals surface area contributed by atoms with Gasteiger partial charge >= 0.3 is 0 Å². The first-order chi connectivity index (χ1) is 15.2. The summed E-state index contributed by atoms with van der Waals surface area (Å²) >= 11 is 23.7. The van der Waals surface area contributed by atoms with Gasteiger partial charge in [0.15, 0.2) is 8.64 Å². The zero-order valence-corrected chi connectivity index (χ0v) is 22.7. The van der Waals surface area contributed by atoms with E-state index in [0.717, 1.165) is 9.79 Å². The lowest BCUT2D eigenvalue weighted by atomic mass is 10.4. The number of rotatable bonds is 6. The van der Waals surface area contributed by atoms with Gasteiger partial charge in [-0.3, -0.25) is 9.44 Å². The maximum absolute atomic E-state index is 13.2. The molecule has 4 nitrogen and oxygen atoms in total. The second kappa shape index (κ2) is 11.3. The van der Waals surface area contributed by atoms with Crippen LogP contribution in [0.15, 0.2) is 105 Å². The van der Waals surface area contributed by atoms with E-state index in [4.69, 9.17) is 46.8 Å². The summed E-state index contributed by atoms with van der Waals surface area (Å²) in [5, 5.41) is 0. The van der Waals surface area contributed by atoms with Crippen LogP contribution in [-0.4, -0.2) is 17.1 Å². The summed E-state index contributed by atoms with van der Waals surface area (Å²) in [6, 6.07) is 25.1. The highest BCUT2D eigenvalue weighted by atomic mass is 32.8. The Morgan fingerprint density at radius 2 is 1.00 bits per heavy atom. The molecule has 0 spiro atoms. The summed E-state index contributed by atoms with van der Waals surface area (Å²) in [4.78, 5) is 2.32. The lowest BCUT2D eigenvalue weighted by molar-refractivity contribution is 0.678. The van der Waals surface area contributed by atoms with Crippen LogP contribution in [0.2, 0.25) is 0 Å². The topological polar surface area (TPSA) is 58.2 Å². The van der Waals surface area contributed by atoms with Crippen molar-refractivity contribution in [3.8, 4) is 0 Å². The average molecular weight is 573 g/mol. The fourth-order valence-electron chi connectivity index (χ4n) is 2.38. The van der Waals surface area contributed by atoms with E-state index in [9.17, 15) is 8.42 Å². The molecule has 0 heterocycles. The zero-order valence-electron chi connectivity index (χ0n) is 16.2. The van der Waals surface area contributed by atoms with Crippen LogP contribution in [0.5, 0.6) is 0 Å². The van der Waals surface area contributed by atoms with Crippen LogP contribution in [0.1, 0.15) is 0 Å². The third kappa shape index (κ3) is 7.45. The molecule has 0 aliphatic heterocycles. The van der Waals surface area contributed by atoms with Crippen molar-refractivity contribution in [2.75, 3.05) is 0 Å². The fourth-order valence-corrected chi connectivity index (χ4v) is 9.30. The quantitative estimate of drug-likeness (QED) is 0.314. The minimum atomic E-state index is -3.16. The molecule has 12 heteroatoms. The summed E-state index contributed by atoms with van der Waals surface area (Å²) in [5.74, 6) is 0. The van der Waals surface area contributed by atoms with Crippen molar-refractivity contribution in [1.82, 2.24) is 9.44 Å². The number of thioether (sulfide) groups is 2. The van der Waals surface area contributed by atoms with Gasteiger partial charge in [0, 0.05) is 32.2 Å². The standard InChI is InChI=1S/C20H16N2O2S8/c23-31(27,21-19(25)29-15-8-3-1-4-9-15)17-12-7-13-18(14-17)32(24,28)22-20(26)30-16-10-5-2-6-11-16/h1-14H,(H,21,25)(H,22,26). The van der Waals surface area contributed by atoms with Crippen molar-refractivity contribution in [3.05, 3.63) is 84.9 Å². The predicted molar refractivity (Wildman–Crippen MR) is 150 cm³/mol. The van der Waals surface area contributed by atoms with Crippen LogP contribution in [0, 0.1) is 0 Å². The van der Waals surface area contributed by atoms with Crippen LogP contribution in [0.3, 0.4) is 0 Å². The molecular weight excluding hydrogens is 557 g/mol. The van der Waals surface area contributed by atoms with Gasteiger partial charge in [-0.05, 0) is 42.5 Å². The normalized spacial score (nSPS) is 14.5. The summed E-state index contributed by atoms with van der Waals surface area (Å²) in [6.07, 6.45) is 0. The Morgan fingerprint density at radius 1 is 0.625 bits per heavy atom. The largest absolute Gasteiger partial charge is 0.285 e. The average Bonchev–Trinajstić information content (AvgIpc) is 2.74. The zero-order chi connectivity index (χ0) is 23.2. The molecule has 32 heavy (non-hydrogen) atoms. The van der Waals surface area contributed by atoms with E-state index in [-0.39, 0.29) is 18.4 Å². The monoisotopic (exact) mass is 572 g/mol. The molecule has 0 bridgehead atoms. The Bertz CT molecular complexity index is 1230. The number of hydrogen-bond acceptors (Lipinski definition) is 8. The summed E-state index contributed by atoms with van der Waals surface area (Å²) < 4.78 is 32.3. The Morgan fingerprint density at radius 3 is 1.38 bits per heavy atom. The fraction of sp³-hybridized carbons (Fsp3) is 0. The Balaban J connectivity index is 1.72. The van der Waals surface area contributed by atoms with Crippen molar-refractivity contribution in [3.63, 3.8) is 0 Å². The first-order valence-electron chi connectivity index (χ1n) is 8.85. The molecule has 0 aliphatic rings. The van der Waals surface area contributed by atoms with E-state index < -0.39 is 17.4 Å². The summed E-state index contributed by atoms with van der Waals surface area (Å²) in [7, 11) is -6.31. The van der Waals surface area contributed by atoms with E-state index in [0.29, 0.717) is 0 Å². The van der Waals surface area contributed by atoms with E-state index in [1.807, 2.05) is 60.7 Å². The Hall–Kier alpha value is -1.12. The van der Waals surface area contributed by atoms with Gasteiger partial charge in [-0.1, -0.05) is 90.4 Å². The number of nitrogens with one attached hydrogen (secondary N) is 2. The van der Waals surface area contributed by atoms with Gasteiger partial charge in [-0.15, -0.1) is 0 Å². The SMILES string of the molecule is O=S(=S)(NC(=S)Sc1ccccc1)c1cccc(S(=O)(=S)NC(=S)Sc2ccccc2)c1. The van der Waals surface area contributed by atoms with E-state index in [2.05, 4.69) is 9.44 Å². The molecule has 0 saturated carbocycles.